The van der Waals surface area contributed by atoms with Gasteiger partial charge in [0.1, 0.15) is 11.3 Å². The summed E-state index contributed by atoms with van der Waals surface area (Å²) in [7, 11) is 1.64. The first-order valence-electron chi connectivity index (χ1n) is 11.4. The smallest absolute Gasteiger partial charge is 0.250 e. The van der Waals surface area contributed by atoms with Crippen molar-refractivity contribution in [2.24, 2.45) is 0 Å². The second kappa shape index (κ2) is 9.04. The first-order chi connectivity index (χ1) is 16.9. The van der Waals surface area contributed by atoms with Gasteiger partial charge < -0.3 is 9.15 Å². The summed E-state index contributed by atoms with van der Waals surface area (Å²) in [4.78, 5) is 17.4. The van der Waals surface area contributed by atoms with E-state index in [1.165, 1.54) is 22.5 Å². The minimum atomic E-state index is -0.233. The van der Waals surface area contributed by atoms with E-state index in [4.69, 9.17) is 9.15 Å². The number of para-hydroxylation sites is 1. The maximum Gasteiger partial charge on any atom is 0.250 e. The van der Waals surface area contributed by atoms with Gasteiger partial charge in [-0.3, -0.25) is 10.1 Å². The van der Waals surface area contributed by atoms with E-state index in [0.717, 1.165) is 49.0 Å². The highest BCUT2D eigenvalue weighted by Crippen LogP contribution is 2.41. The Morgan fingerprint density at radius 2 is 1.89 bits per heavy atom. The number of aryl methyl sites for hydroxylation is 3. The number of rotatable bonds is 5. The summed E-state index contributed by atoms with van der Waals surface area (Å²) in [6.45, 7) is 8.09. The van der Waals surface area contributed by atoms with Gasteiger partial charge in [-0.1, -0.05) is 47.2 Å². The highest BCUT2D eigenvalue weighted by Gasteiger charge is 2.19. The second-order valence-electron chi connectivity index (χ2n) is 8.73. The summed E-state index contributed by atoms with van der Waals surface area (Å²) < 4.78 is 12.8. The molecule has 5 aromatic rings. The van der Waals surface area contributed by atoms with Crippen molar-refractivity contribution in [2.45, 2.75) is 27.7 Å². The van der Waals surface area contributed by atoms with E-state index in [0.29, 0.717) is 10.9 Å². The molecule has 5 rings (SSSR count). The van der Waals surface area contributed by atoms with Crippen molar-refractivity contribution in [3.8, 4) is 16.9 Å². The Labute approximate surface area is 208 Å². The van der Waals surface area contributed by atoms with E-state index >= 15 is 0 Å². The standard InChI is InChI=1S/C29H26N2O3S/c1-16-10-11-20(17(2)12-16)23-15-34-28-19(4)27(33-5)21(14-22(23)28)18(3)13-26(32)31-29-30-24-8-6-7-9-25(24)35-29/h6-15H,1-5H3,(H,30,31,32)/b18-13+. The Kier molecular flexibility index (Phi) is 5.91. The Morgan fingerprint density at radius 3 is 2.63 bits per heavy atom. The maximum atomic E-state index is 12.9. The molecule has 0 radical (unpaired) electrons. The number of hydrogen-bond donors (Lipinski definition) is 1. The van der Waals surface area contributed by atoms with Gasteiger partial charge in [0.05, 0.1) is 23.6 Å². The number of thiazole rings is 1. The highest BCUT2D eigenvalue weighted by atomic mass is 32.1. The van der Waals surface area contributed by atoms with Gasteiger partial charge in [0.2, 0.25) is 5.91 Å². The lowest BCUT2D eigenvalue weighted by Gasteiger charge is -2.13. The van der Waals surface area contributed by atoms with Crippen LogP contribution < -0.4 is 10.1 Å². The molecule has 5 nitrogen and oxygen atoms in total. The van der Waals surface area contributed by atoms with Crippen molar-refractivity contribution >= 4 is 49.1 Å². The summed E-state index contributed by atoms with van der Waals surface area (Å²) in [6, 6.07) is 16.3. The zero-order valence-corrected chi connectivity index (χ0v) is 21.2. The maximum absolute atomic E-state index is 12.9. The van der Waals surface area contributed by atoms with Crippen LogP contribution in [-0.4, -0.2) is 18.0 Å². The molecule has 0 unspecified atom stereocenters. The molecule has 0 aliphatic rings. The molecule has 2 aromatic heterocycles. The lowest BCUT2D eigenvalue weighted by molar-refractivity contribution is -0.111. The first kappa shape index (κ1) is 22.9. The van der Waals surface area contributed by atoms with Crippen LogP contribution in [0.4, 0.5) is 5.13 Å². The lowest BCUT2D eigenvalue weighted by Crippen LogP contribution is -2.08. The predicted octanol–water partition coefficient (Wildman–Crippen LogP) is 7.69. The van der Waals surface area contributed by atoms with Crippen LogP contribution in [0.5, 0.6) is 5.75 Å². The molecule has 0 aliphatic heterocycles. The van der Waals surface area contributed by atoms with Gasteiger partial charge in [0.15, 0.2) is 5.13 Å². The monoisotopic (exact) mass is 482 g/mol. The fourth-order valence-electron chi connectivity index (χ4n) is 4.54. The fraction of sp³-hybridized carbons (Fsp3) is 0.172. The van der Waals surface area contributed by atoms with Crippen molar-refractivity contribution in [2.75, 3.05) is 12.4 Å². The SMILES string of the molecule is COc1c(/C(C)=C/C(=O)Nc2nc3ccccc3s2)cc2c(-c3ccc(C)cc3C)coc2c1C. The number of fused-ring (bicyclic) bond motifs is 2. The Bertz CT molecular complexity index is 1590. The summed E-state index contributed by atoms with van der Waals surface area (Å²) in [5, 5.41) is 4.46. The van der Waals surface area contributed by atoms with E-state index in [1.807, 2.05) is 38.1 Å². The number of amides is 1. The zero-order chi connectivity index (χ0) is 24.7. The van der Waals surface area contributed by atoms with Gasteiger partial charge >= 0.3 is 0 Å². The molecular formula is C29H26N2O3S. The number of methoxy groups -OCH3 is 1. The number of carbonyl (C=O) groups is 1. The van der Waals surface area contributed by atoms with Crippen LogP contribution in [0, 0.1) is 20.8 Å². The molecule has 0 aliphatic carbocycles. The number of anilines is 1. The topological polar surface area (TPSA) is 64.4 Å². The number of nitrogens with zero attached hydrogens (tertiary/aromatic N) is 1. The van der Waals surface area contributed by atoms with Crippen LogP contribution in [0.15, 0.2) is 65.3 Å². The zero-order valence-electron chi connectivity index (χ0n) is 20.4. The van der Waals surface area contributed by atoms with Crippen LogP contribution in [0.3, 0.4) is 0 Å². The molecule has 0 saturated heterocycles. The number of carbonyl (C=O) groups excluding carboxylic acids is 1. The van der Waals surface area contributed by atoms with Crippen molar-refractivity contribution in [3.05, 3.63) is 83.1 Å². The van der Waals surface area contributed by atoms with E-state index in [2.05, 4.69) is 48.4 Å². The van der Waals surface area contributed by atoms with E-state index in [-0.39, 0.29) is 5.91 Å². The number of furan rings is 1. The summed E-state index contributed by atoms with van der Waals surface area (Å²) in [6.07, 6.45) is 3.39. The van der Waals surface area contributed by atoms with Gasteiger partial charge in [0.25, 0.3) is 0 Å². The Balaban J connectivity index is 1.54. The molecule has 1 amide bonds. The van der Waals surface area contributed by atoms with Crippen molar-refractivity contribution in [3.63, 3.8) is 0 Å². The largest absolute Gasteiger partial charge is 0.496 e. The quantitative estimate of drug-likeness (QED) is 0.261. The molecule has 35 heavy (non-hydrogen) atoms. The molecule has 2 heterocycles. The van der Waals surface area contributed by atoms with Gasteiger partial charge in [-0.15, -0.1) is 0 Å². The van der Waals surface area contributed by atoms with Crippen LogP contribution >= 0.6 is 11.3 Å². The fourth-order valence-corrected chi connectivity index (χ4v) is 5.41. The number of allylic oxidation sites excluding steroid dienone is 1. The van der Waals surface area contributed by atoms with Crippen LogP contribution in [0.2, 0.25) is 0 Å². The van der Waals surface area contributed by atoms with E-state index in [9.17, 15) is 4.79 Å². The number of ether oxygens (including phenoxy) is 1. The van der Waals surface area contributed by atoms with Crippen molar-refractivity contribution in [1.29, 1.82) is 0 Å². The minimum absolute atomic E-state index is 0.233. The molecule has 3 aromatic carbocycles. The lowest BCUT2D eigenvalue weighted by atomic mass is 9.94. The highest BCUT2D eigenvalue weighted by molar-refractivity contribution is 7.22. The van der Waals surface area contributed by atoms with Crippen molar-refractivity contribution < 1.29 is 13.9 Å². The molecule has 0 saturated carbocycles. The normalized spacial score (nSPS) is 11.9. The molecule has 0 fully saturated rings. The molecule has 176 valence electrons. The third-order valence-corrected chi connectivity index (χ3v) is 7.17. The molecule has 0 bridgehead atoms. The summed E-state index contributed by atoms with van der Waals surface area (Å²) >= 11 is 1.45. The number of hydrogen-bond acceptors (Lipinski definition) is 5. The van der Waals surface area contributed by atoms with Crippen LogP contribution in [-0.2, 0) is 4.79 Å². The van der Waals surface area contributed by atoms with E-state index in [1.54, 1.807) is 19.4 Å². The minimum Gasteiger partial charge on any atom is -0.496 e. The molecule has 6 heteroatoms. The summed E-state index contributed by atoms with van der Waals surface area (Å²) in [5.74, 6) is 0.462. The Hall–Kier alpha value is -3.90. The molecule has 1 N–H and O–H groups in total. The Morgan fingerprint density at radius 1 is 1.09 bits per heavy atom. The third-order valence-electron chi connectivity index (χ3n) is 6.22. The average molecular weight is 483 g/mol. The summed E-state index contributed by atoms with van der Waals surface area (Å²) in [5.41, 5.74) is 8.75. The molecule has 0 atom stereocenters. The number of nitrogens with one attached hydrogen (secondary N) is 1. The van der Waals surface area contributed by atoms with Gasteiger partial charge in [-0.25, -0.2) is 4.98 Å². The number of benzene rings is 3. The third kappa shape index (κ3) is 4.21. The first-order valence-corrected chi connectivity index (χ1v) is 12.2. The van der Waals surface area contributed by atoms with Gasteiger partial charge in [-0.05, 0) is 62.6 Å². The van der Waals surface area contributed by atoms with Gasteiger partial charge in [0, 0.05) is 28.2 Å². The average Bonchev–Trinajstić information content (AvgIpc) is 3.42. The second-order valence-corrected chi connectivity index (χ2v) is 9.76. The predicted molar refractivity (Wildman–Crippen MR) is 144 cm³/mol. The molecular weight excluding hydrogens is 456 g/mol. The molecule has 0 spiro atoms. The van der Waals surface area contributed by atoms with Crippen molar-refractivity contribution in [1.82, 2.24) is 4.98 Å². The van der Waals surface area contributed by atoms with Crippen LogP contribution in [0.25, 0.3) is 37.9 Å². The van der Waals surface area contributed by atoms with Gasteiger partial charge in [-0.2, -0.15) is 0 Å². The van der Waals surface area contributed by atoms with E-state index < -0.39 is 0 Å². The number of aromatic nitrogens is 1. The van der Waals surface area contributed by atoms with Crippen LogP contribution in [0.1, 0.15) is 29.2 Å².